The third-order valence-electron chi connectivity index (χ3n) is 11.6. The zero-order chi connectivity index (χ0) is 39.2. The molecule has 3 nitrogen and oxygen atoms in total. The molecule has 5 heteroatoms. The van der Waals surface area contributed by atoms with Crippen molar-refractivity contribution in [1.82, 2.24) is 4.40 Å². The molecule has 57 heavy (non-hydrogen) atoms. The first kappa shape index (κ1) is 35.0. The van der Waals surface area contributed by atoms with Crippen LogP contribution in [0.1, 0.15) is 16.7 Å². The van der Waals surface area contributed by atoms with Gasteiger partial charge in [-0.3, -0.25) is 0 Å². The zero-order valence-corrected chi connectivity index (χ0v) is 34.2. The van der Waals surface area contributed by atoms with Crippen molar-refractivity contribution in [3.63, 3.8) is 0 Å². The molecule has 0 aliphatic heterocycles. The number of fused-ring (bicyclic) bond motifs is 7. The molecule has 2 heterocycles. The first-order chi connectivity index (χ1) is 27.5. The van der Waals surface area contributed by atoms with Gasteiger partial charge in [0.05, 0.1) is 30.3 Å². The lowest BCUT2D eigenvalue weighted by molar-refractivity contribution is 0.630. The molecule has 0 aliphatic carbocycles. The number of aryl methyl sites for hydroxylation is 3. The van der Waals surface area contributed by atoms with Gasteiger partial charge >= 0.3 is 0 Å². The van der Waals surface area contributed by atoms with Gasteiger partial charge in [0.1, 0.15) is 5.82 Å². The lowest BCUT2D eigenvalue weighted by Gasteiger charge is -2.28. The normalized spacial score (nSPS) is 12.1. The maximum absolute atomic E-state index is 15.4. The van der Waals surface area contributed by atoms with Crippen LogP contribution in [-0.4, -0.2) is 12.5 Å². The average molecular weight is 758 g/mol. The molecule has 0 amide bonds. The molecular formula is C52H44FN3Si. The number of benzene rings is 8. The molecule has 0 radical (unpaired) electrons. The van der Waals surface area contributed by atoms with Crippen LogP contribution in [0.15, 0.2) is 158 Å². The summed E-state index contributed by atoms with van der Waals surface area (Å²) < 4.78 is 17.8. The van der Waals surface area contributed by atoms with E-state index in [1.54, 1.807) is 12.1 Å². The van der Waals surface area contributed by atoms with Gasteiger partial charge in [0, 0.05) is 50.0 Å². The van der Waals surface area contributed by atoms with Crippen molar-refractivity contribution in [2.75, 3.05) is 9.80 Å². The van der Waals surface area contributed by atoms with Crippen LogP contribution in [0.4, 0.5) is 38.5 Å². The largest absolute Gasteiger partial charge is 0.310 e. The summed E-state index contributed by atoms with van der Waals surface area (Å²) in [6.07, 6.45) is 0. The SMILES string of the molecule is Cc1ccc(N(c2cccc(C)c2)c2ccc3cc4c5ccc(N(c6ccc(C)cc6)c6cccc([Si](C)(C)C)c6)c6c7cc(F)ccc7n(c4cc3c2)c56)cc1. The van der Waals surface area contributed by atoms with E-state index in [0.29, 0.717) is 0 Å². The molecule has 0 spiro atoms. The molecular weight excluding hydrogens is 714 g/mol. The van der Waals surface area contributed by atoms with Crippen molar-refractivity contribution in [1.29, 1.82) is 0 Å². The highest BCUT2D eigenvalue weighted by atomic mass is 28.3. The van der Waals surface area contributed by atoms with Crippen molar-refractivity contribution in [3.8, 4) is 0 Å². The second-order valence-electron chi connectivity index (χ2n) is 16.7. The molecule has 0 aliphatic rings. The second-order valence-corrected chi connectivity index (χ2v) is 21.8. The number of aromatic nitrogens is 1. The molecule has 2 aromatic heterocycles. The van der Waals surface area contributed by atoms with Gasteiger partial charge in [-0.1, -0.05) is 96.6 Å². The summed E-state index contributed by atoms with van der Waals surface area (Å²) in [5.41, 5.74) is 13.4. The second kappa shape index (κ2) is 13.1. The Morgan fingerprint density at radius 2 is 1.11 bits per heavy atom. The first-order valence-electron chi connectivity index (χ1n) is 19.8. The Morgan fingerprint density at radius 1 is 0.456 bits per heavy atom. The fraction of sp³-hybridized carbons (Fsp3) is 0.115. The van der Waals surface area contributed by atoms with E-state index < -0.39 is 8.07 Å². The predicted molar refractivity (Wildman–Crippen MR) is 245 cm³/mol. The Bertz CT molecular complexity index is 3160. The Labute approximate surface area is 334 Å². The fourth-order valence-corrected chi connectivity index (χ4v) is 9.89. The number of hydrogen-bond acceptors (Lipinski definition) is 2. The number of halogens is 1. The molecule has 278 valence electrons. The molecule has 0 N–H and O–H groups in total. The molecule has 10 aromatic rings. The molecule has 10 rings (SSSR count). The molecule has 0 saturated heterocycles. The molecule has 8 aromatic carbocycles. The molecule has 0 saturated carbocycles. The first-order valence-corrected chi connectivity index (χ1v) is 23.3. The lowest BCUT2D eigenvalue weighted by atomic mass is 10.0. The minimum absolute atomic E-state index is 0.239. The summed E-state index contributed by atoms with van der Waals surface area (Å²) in [4.78, 5) is 4.70. The zero-order valence-electron chi connectivity index (χ0n) is 33.2. The van der Waals surface area contributed by atoms with E-state index in [4.69, 9.17) is 0 Å². The Kier molecular flexibility index (Phi) is 8.03. The fourth-order valence-electron chi connectivity index (χ4n) is 8.71. The third kappa shape index (κ3) is 5.84. The van der Waals surface area contributed by atoms with Crippen LogP contribution < -0.4 is 15.0 Å². The Balaban J connectivity index is 1.24. The highest BCUT2D eigenvalue weighted by Gasteiger charge is 2.26. The van der Waals surface area contributed by atoms with Crippen molar-refractivity contribution in [2.45, 2.75) is 40.4 Å². The Morgan fingerprint density at radius 3 is 1.81 bits per heavy atom. The van der Waals surface area contributed by atoms with Crippen molar-refractivity contribution in [3.05, 3.63) is 180 Å². The van der Waals surface area contributed by atoms with Gasteiger partial charge in [0.15, 0.2) is 0 Å². The van der Waals surface area contributed by atoms with Crippen molar-refractivity contribution in [2.24, 2.45) is 0 Å². The van der Waals surface area contributed by atoms with Gasteiger partial charge < -0.3 is 14.2 Å². The lowest BCUT2D eigenvalue weighted by Crippen LogP contribution is -2.37. The predicted octanol–water partition coefficient (Wildman–Crippen LogP) is 14.5. The average Bonchev–Trinajstić information content (AvgIpc) is 3.70. The third-order valence-corrected chi connectivity index (χ3v) is 13.7. The van der Waals surface area contributed by atoms with E-state index in [0.717, 1.165) is 72.2 Å². The van der Waals surface area contributed by atoms with E-state index in [9.17, 15) is 0 Å². The summed E-state index contributed by atoms with van der Waals surface area (Å²) in [6, 6.07) is 56.4. The van der Waals surface area contributed by atoms with Crippen LogP contribution in [-0.2, 0) is 0 Å². The van der Waals surface area contributed by atoms with Gasteiger partial charge in [-0.05, 0) is 134 Å². The van der Waals surface area contributed by atoms with Gasteiger partial charge in [-0.25, -0.2) is 4.39 Å². The van der Waals surface area contributed by atoms with E-state index in [2.05, 4.69) is 194 Å². The highest BCUT2D eigenvalue weighted by Crippen LogP contribution is 2.48. The summed E-state index contributed by atoms with van der Waals surface area (Å²) >= 11 is 0. The quantitative estimate of drug-likeness (QED) is 0.150. The van der Waals surface area contributed by atoms with Crippen LogP contribution >= 0.6 is 0 Å². The maximum Gasteiger partial charge on any atom is 0.123 e. The molecule has 0 atom stereocenters. The summed E-state index contributed by atoms with van der Waals surface area (Å²) in [6.45, 7) is 13.6. The number of nitrogens with zero attached hydrogens (tertiary/aromatic N) is 3. The van der Waals surface area contributed by atoms with Crippen LogP contribution in [0.25, 0.3) is 48.9 Å². The summed E-state index contributed by atoms with van der Waals surface area (Å²) in [5, 5.41) is 8.01. The topological polar surface area (TPSA) is 10.9 Å². The van der Waals surface area contributed by atoms with Crippen molar-refractivity contribution < 1.29 is 4.39 Å². The molecule has 0 bridgehead atoms. The molecule has 0 fully saturated rings. The van der Waals surface area contributed by atoms with Gasteiger partial charge in [0.2, 0.25) is 0 Å². The summed E-state index contributed by atoms with van der Waals surface area (Å²) in [7, 11) is -1.63. The number of anilines is 6. The maximum atomic E-state index is 15.4. The van der Waals surface area contributed by atoms with Gasteiger partial charge in [0.25, 0.3) is 0 Å². The smallest absolute Gasteiger partial charge is 0.123 e. The monoisotopic (exact) mass is 757 g/mol. The Hall–Kier alpha value is -6.43. The van der Waals surface area contributed by atoms with Crippen LogP contribution in [0.3, 0.4) is 0 Å². The number of rotatable bonds is 7. The molecule has 0 unspecified atom stereocenters. The van der Waals surface area contributed by atoms with Crippen LogP contribution in [0.2, 0.25) is 19.6 Å². The highest BCUT2D eigenvalue weighted by molar-refractivity contribution is 6.88. The van der Waals surface area contributed by atoms with E-state index in [-0.39, 0.29) is 5.82 Å². The summed E-state index contributed by atoms with van der Waals surface area (Å²) in [5.74, 6) is -0.239. The van der Waals surface area contributed by atoms with E-state index in [1.807, 2.05) is 6.07 Å². The van der Waals surface area contributed by atoms with Gasteiger partial charge in [-0.2, -0.15) is 0 Å². The van der Waals surface area contributed by atoms with Crippen LogP contribution in [0.5, 0.6) is 0 Å². The van der Waals surface area contributed by atoms with Crippen molar-refractivity contribution >= 4 is 96.3 Å². The van der Waals surface area contributed by atoms with E-state index in [1.165, 1.54) is 32.6 Å². The standard InChI is InChI=1S/C52H44FN3Si/c1-33-13-19-39(20-14-33)54(41-10-7-9-35(3)27-41)43-23-17-36-29-46-45-24-26-49(51-47-31-38(53)18-25-48(47)56(52(45)51)50(46)30-37(36)28-43)55(40-21-15-34(2)16-22-40)42-11-8-12-44(32-42)57(4,5)6/h7-32H,1-6H3. The van der Waals surface area contributed by atoms with E-state index >= 15 is 4.39 Å². The number of hydrogen-bond donors (Lipinski definition) is 0. The van der Waals surface area contributed by atoms with Crippen LogP contribution in [0, 0.1) is 26.6 Å². The van der Waals surface area contributed by atoms with Gasteiger partial charge in [-0.15, -0.1) is 0 Å². The minimum Gasteiger partial charge on any atom is -0.310 e. The minimum atomic E-state index is -1.63.